The summed E-state index contributed by atoms with van der Waals surface area (Å²) in [5.74, 6) is -2.92. The lowest BCUT2D eigenvalue weighted by atomic mass is 10.0. The van der Waals surface area contributed by atoms with Crippen LogP contribution in [-0.2, 0) is 19.1 Å². The lowest BCUT2D eigenvalue weighted by Gasteiger charge is -2.29. The molecule has 0 radical (unpaired) electrons. The largest absolute Gasteiger partial charge is 0.468 e. The number of unbranched alkanes of at least 4 members (excludes halogenated alkanes) is 1. The highest BCUT2D eigenvalue weighted by Gasteiger charge is 2.48. The molecular weight excluding hydrogens is 429 g/mol. The minimum atomic E-state index is -1.17. The van der Waals surface area contributed by atoms with Gasteiger partial charge in [0, 0.05) is 12.0 Å². The molecule has 0 spiro atoms. The van der Waals surface area contributed by atoms with E-state index in [1.807, 2.05) is 6.07 Å². The van der Waals surface area contributed by atoms with Gasteiger partial charge in [0.15, 0.2) is 5.92 Å². The zero-order valence-electron chi connectivity index (χ0n) is 17.3. The van der Waals surface area contributed by atoms with Gasteiger partial charge in [-0.15, -0.1) is 0 Å². The molecule has 1 heterocycles. The van der Waals surface area contributed by atoms with E-state index in [0.717, 1.165) is 18.4 Å². The molecule has 0 N–H and O–H groups in total. The lowest BCUT2D eigenvalue weighted by Crippen LogP contribution is -2.47. The van der Waals surface area contributed by atoms with Crippen LogP contribution >= 0.6 is 23.2 Å². The summed E-state index contributed by atoms with van der Waals surface area (Å²) >= 11 is 13.1. The molecule has 0 saturated heterocycles. The van der Waals surface area contributed by atoms with E-state index in [1.165, 1.54) is 14.2 Å². The van der Waals surface area contributed by atoms with Gasteiger partial charge in [-0.2, -0.15) is 4.48 Å². The summed E-state index contributed by atoms with van der Waals surface area (Å²) in [6.07, 6.45) is 4.25. The van der Waals surface area contributed by atoms with E-state index in [2.05, 4.69) is 6.92 Å². The first-order valence-electron chi connectivity index (χ1n) is 9.73. The van der Waals surface area contributed by atoms with Crippen LogP contribution in [0, 0.1) is 5.92 Å². The number of amides is 1. The summed E-state index contributed by atoms with van der Waals surface area (Å²) in [5, 5.41) is 0.493. The molecule has 1 unspecified atom stereocenters. The average molecular weight is 455 g/mol. The third-order valence-corrected chi connectivity index (χ3v) is 6.12. The van der Waals surface area contributed by atoms with Gasteiger partial charge in [-0.05, 0) is 36.6 Å². The molecule has 1 aliphatic rings. The van der Waals surface area contributed by atoms with Crippen molar-refractivity contribution in [2.45, 2.75) is 32.6 Å². The first kappa shape index (κ1) is 24.1. The summed E-state index contributed by atoms with van der Waals surface area (Å²) < 4.78 is 9.07. The van der Waals surface area contributed by atoms with E-state index in [-0.39, 0.29) is 24.0 Å². The maximum Gasteiger partial charge on any atom is 0.356 e. The van der Waals surface area contributed by atoms with Crippen molar-refractivity contribution in [2.75, 3.05) is 20.8 Å². The van der Waals surface area contributed by atoms with Crippen molar-refractivity contribution in [1.82, 2.24) is 0 Å². The number of nitrogens with zero attached hydrogens (tertiary/aromatic N) is 1. The number of allylic oxidation sites excluding steroid dienone is 2. The van der Waals surface area contributed by atoms with Crippen LogP contribution in [0.2, 0.25) is 0 Å². The Kier molecular flexibility index (Phi) is 8.65. The van der Waals surface area contributed by atoms with Gasteiger partial charge in [0.05, 0.1) is 26.3 Å². The quantitative estimate of drug-likeness (QED) is 0.233. The smallest absolute Gasteiger partial charge is 0.356 e. The molecule has 162 valence electrons. The lowest BCUT2D eigenvalue weighted by molar-refractivity contribution is -0.746. The van der Waals surface area contributed by atoms with Gasteiger partial charge < -0.3 is 9.47 Å². The minimum absolute atomic E-state index is 0.00410. The fourth-order valence-corrected chi connectivity index (χ4v) is 4.03. The SMILES string of the molecule is CCCCC1=C[N+](CCC(C(=O)OC)C(=O)OC)(C(=O)c2ccccc2)C(Cl)=C1Cl. The van der Waals surface area contributed by atoms with E-state index in [0.29, 0.717) is 17.0 Å². The van der Waals surface area contributed by atoms with Crippen molar-refractivity contribution in [2.24, 2.45) is 5.92 Å². The normalized spacial score (nSPS) is 18.4. The van der Waals surface area contributed by atoms with Gasteiger partial charge in [0.1, 0.15) is 11.2 Å². The van der Waals surface area contributed by atoms with Gasteiger partial charge >= 0.3 is 17.8 Å². The predicted octanol–water partition coefficient (Wildman–Crippen LogP) is 4.73. The number of quaternary nitrogens is 1. The highest BCUT2D eigenvalue weighted by molar-refractivity contribution is 6.40. The number of ether oxygens (including phenoxy) is 2. The minimum Gasteiger partial charge on any atom is -0.468 e. The van der Waals surface area contributed by atoms with Gasteiger partial charge in [0.2, 0.25) is 5.16 Å². The number of rotatable bonds is 9. The van der Waals surface area contributed by atoms with Crippen LogP contribution in [0.3, 0.4) is 0 Å². The molecule has 6 nitrogen and oxygen atoms in total. The van der Waals surface area contributed by atoms with Crippen molar-refractivity contribution in [3.8, 4) is 0 Å². The van der Waals surface area contributed by atoms with E-state index >= 15 is 0 Å². The number of benzene rings is 1. The van der Waals surface area contributed by atoms with Crippen LogP contribution < -0.4 is 0 Å². The standard InChI is InChI=1S/C22H26Cl2NO5/c1-4-5-9-16-14-25(19(24)18(16)23,20(26)15-10-7-6-8-11-15)13-12-17(21(27)29-2)22(28)30-3/h6-8,10-11,14,17H,4-5,9,12-13H2,1-3H3/q+1. The number of esters is 2. The summed E-state index contributed by atoms with van der Waals surface area (Å²) in [7, 11) is 2.39. The van der Waals surface area contributed by atoms with E-state index in [9.17, 15) is 14.4 Å². The Bertz CT molecular complexity index is 850. The summed E-state index contributed by atoms with van der Waals surface area (Å²) in [6, 6.07) is 8.70. The Labute approximate surface area is 186 Å². The molecule has 0 saturated carbocycles. The maximum absolute atomic E-state index is 13.6. The van der Waals surface area contributed by atoms with Crippen molar-refractivity contribution >= 4 is 41.0 Å². The number of methoxy groups -OCH3 is 2. The Hall–Kier alpha value is -2.15. The molecule has 0 aliphatic carbocycles. The highest BCUT2D eigenvalue weighted by atomic mass is 35.5. The predicted molar refractivity (Wildman–Crippen MR) is 114 cm³/mol. The second-order valence-corrected chi connectivity index (χ2v) is 7.75. The molecule has 1 aromatic rings. The van der Waals surface area contributed by atoms with Crippen LogP contribution in [-0.4, -0.2) is 43.1 Å². The Morgan fingerprint density at radius 3 is 2.17 bits per heavy atom. The number of carbonyl (C=O) groups is 3. The van der Waals surface area contributed by atoms with E-state index < -0.39 is 22.3 Å². The molecule has 1 atom stereocenters. The molecule has 0 bridgehead atoms. The van der Waals surface area contributed by atoms with Gasteiger partial charge in [-0.3, -0.25) is 9.59 Å². The Morgan fingerprint density at radius 2 is 1.63 bits per heavy atom. The average Bonchev–Trinajstić information content (AvgIpc) is 3.02. The molecular formula is C22H26Cl2NO5+. The third kappa shape index (κ3) is 4.94. The second-order valence-electron chi connectivity index (χ2n) is 7.01. The number of hydrogen-bond acceptors (Lipinski definition) is 5. The van der Waals surface area contributed by atoms with E-state index in [1.54, 1.807) is 30.5 Å². The molecule has 8 heteroatoms. The fourth-order valence-electron chi connectivity index (χ4n) is 3.40. The van der Waals surface area contributed by atoms with Crippen molar-refractivity contribution < 1.29 is 28.3 Å². The topological polar surface area (TPSA) is 69.7 Å². The van der Waals surface area contributed by atoms with Crippen LogP contribution in [0.25, 0.3) is 0 Å². The first-order valence-corrected chi connectivity index (χ1v) is 10.5. The summed E-state index contributed by atoms with van der Waals surface area (Å²) in [5.41, 5.74) is 1.22. The Balaban J connectivity index is 2.47. The van der Waals surface area contributed by atoms with Gasteiger partial charge in [-0.25, -0.2) is 4.79 Å². The molecule has 2 rings (SSSR count). The highest BCUT2D eigenvalue weighted by Crippen LogP contribution is 2.43. The van der Waals surface area contributed by atoms with E-state index in [4.69, 9.17) is 32.7 Å². The number of halogens is 2. The molecule has 1 aromatic carbocycles. The Morgan fingerprint density at radius 1 is 1.03 bits per heavy atom. The number of carbonyl (C=O) groups excluding carboxylic acids is 3. The van der Waals surface area contributed by atoms with Crippen LogP contribution in [0.5, 0.6) is 0 Å². The zero-order chi connectivity index (χ0) is 22.3. The van der Waals surface area contributed by atoms with Gasteiger partial charge in [0.25, 0.3) is 0 Å². The molecule has 0 fully saturated rings. The van der Waals surface area contributed by atoms with Crippen molar-refractivity contribution in [3.05, 3.63) is 57.9 Å². The van der Waals surface area contributed by atoms with Crippen LogP contribution in [0.15, 0.2) is 52.3 Å². The molecule has 30 heavy (non-hydrogen) atoms. The molecule has 1 aliphatic heterocycles. The van der Waals surface area contributed by atoms with Crippen LogP contribution in [0.4, 0.5) is 0 Å². The maximum atomic E-state index is 13.6. The van der Waals surface area contributed by atoms with Crippen molar-refractivity contribution in [1.29, 1.82) is 0 Å². The van der Waals surface area contributed by atoms with Crippen LogP contribution in [0.1, 0.15) is 43.0 Å². The molecule has 0 aromatic heterocycles. The second kappa shape index (κ2) is 10.8. The first-order chi connectivity index (χ1) is 14.3. The monoisotopic (exact) mass is 454 g/mol. The zero-order valence-corrected chi connectivity index (χ0v) is 18.8. The molecule has 1 amide bonds. The summed E-state index contributed by atoms with van der Waals surface area (Å²) in [4.78, 5) is 37.8. The van der Waals surface area contributed by atoms with Crippen molar-refractivity contribution in [3.63, 3.8) is 0 Å². The fraction of sp³-hybridized carbons (Fsp3) is 0.409. The summed E-state index contributed by atoms with van der Waals surface area (Å²) in [6.45, 7) is 2.11. The van der Waals surface area contributed by atoms with Gasteiger partial charge in [-0.1, -0.05) is 43.1 Å². The number of hydrogen-bond donors (Lipinski definition) is 0. The third-order valence-electron chi connectivity index (χ3n) is 5.11.